The van der Waals surface area contributed by atoms with Crippen LogP contribution in [-0.4, -0.2) is 6.54 Å². The first-order chi connectivity index (χ1) is 7.13. The summed E-state index contributed by atoms with van der Waals surface area (Å²) in [6.07, 6.45) is 1.06. The van der Waals surface area contributed by atoms with Gasteiger partial charge >= 0.3 is 0 Å². The van der Waals surface area contributed by atoms with Crippen molar-refractivity contribution < 1.29 is 0 Å². The Hall–Kier alpha value is -0.790. The van der Waals surface area contributed by atoms with Crippen LogP contribution >= 0.6 is 11.6 Å². The summed E-state index contributed by atoms with van der Waals surface area (Å²) < 4.78 is 0. The first kappa shape index (κ1) is 12.3. The van der Waals surface area contributed by atoms with E-state index in [1.165, 1.54) is 5.56 Å². The lowest BCUT2D eigenvalue weighted by Crippen LogP contribution is -2.22. The Labute approximate surface area is 97.1 Å². The van der Waals surface area contributed by atoms with Gasteiger partial charge in [-0.1, -0.05) is 42.8 Å². The Morgan fingerprint density at radius 3 is 2.47 bits per heavy atom. The molecule has 1 aromatic rings. The van der Waals surface area contributed by atoms with Crippen LogP contribution in [0.4, 0.5) is 0 Å². The second kappa shape index (κ2) is 5.94. The van der Waals surface area contributed by atoms with Gasteiger partial charge in [0, 0.05) is 17.6 Å². The van der Waals surface area contributed by atoms with Crippen LogP contribution in [0.3, 0.4) is 0 Å². The smallest absolute Gasteiger partial charge is 0.0406 e. The van der Waals surface area contributed by atoms with E-state index in [1.54, 1.807) is 0 Å². The number of hydrogen-bond donors (Lipinski definition) is 1. The van der Waals surface area contributed by atoms with Gasteiger partial charge in [0.05, 0.1) is 0 Å². The van der Waals surface area contributed by atoms with Crippen molar-refractivity contribution in [3.63, 3.8) is 0 Å². The van der Waals surface area contributed by atoms with Crippen molar-refractivity contribution in [2.75, 3.05) is 6.54 Å². The van der Waals surface area contributed by atoms with Crippen molar-refractivity contribution in [2.24, 2.45) is 0 Å². The van der Waals surface area contributed by atoms with E-state index in [2.05, 4.69) is 31.0 Å². The second-order valence-corrected chi connectivity index (χ2v) is 4.29. The highest BCUT2D eigenvalue weighted by Crippen LogP contribution is 2.19. The summed E-state index contributed by atoms with van der Waals surface area (Å²) in [5.41, 5.74) is 2.44. The molecule has 1 aromatic carbocycles. The van der Waals surface area contributed by atoms with Crippen LogP contribution in [-0.2, 0) is 0 Å². The summed E-state index contributed by atoms with van der Waals surface area (Å²) in [5, 5.41) is 4.25. The van der Waals surface area contributed by atoms with Crippen molar-refractivity contribution in [1.82, 2.24) is 5.32 Å². The maximum atomic E-state index is 5.85. The second-order valence-electron chi connectivity index (χ2n) is 3.85. The molecule has 0 aromatic heterocycles. The minimum atomic E-state index is 0.388. The normalized spacial score (nSPS) is 12.5. The van der Waals surface area contributed by atoms with E-state index in [0.29, 0.717) is 6.04 Å². The molecule has 0 aliphatic carbocycles. The average molecular weight is 224 g/mol. The Balaban J connectivity index is 2.65. The van der Waals surface area contributed by atoms with Gasteiger partial charge in [-0.25, -0.2) is 0 Å². The minimum absolute atomic E-state index is 0.388. The monoisotopic (exact) mass is 223 g/mol. The zero-order valence-electron chi connectivity index (χ0n) is 9.39. The predicted octanol–water partition coefficient (Wildman–Crippen LogP) is 3.96. The van der Waals surface area contributed by atoms with E-state index >= 15 is 0 Å². The quantitative estimate of drug-likeness (QED) is 0.746. The molecule has 0 unspecified atom stereocenters. The highest BCUT2D eigenvalue weighted by molar-refractivity contribution is 6.30. The van der Waals surface area contributed by atoms with Gasteiger partial charge in [0.15, 0.2) is 0 Å². The fourth-order valence-electron chi connectivity index (χ4n) is 1.49. The van der Waals surface area contributed by atoms with Gasteiger partial charge in [0.2, 0.25) is 0 Å². The maximum Gasteiger partial charge on any atom is 0.0406 e. The van der Waals surface area contributed by atoms with Gasteiger partial charge < -0.3 is 5.32 Å². The van der Waals surface area contributed by atoms with Gasteiger partial charge in [-0.15, -0.1) is 0 Å². The van der Waals surface area contributed by atoms with E-state index in [0.717, 1.165) is 23.6 Å². The zero-order valence-corrected chi connectivity index (χ0v) is 10.1. The first-order valence-corrected chi connectivity index (χ1v) is 5.64. The number of rotatable bonds is 5. The highest BCUT2D eigenvalue weighted by atomic mass is 35.5. The SMILES string of the molecule is C=C(C)CN[C@H](CC)c1ccc(Cl)cc1. The lowest BCUT2D eigenvalue weighted by Gasteiger charge is -2.17. The van der Waals surface area contributed by atoms with Crippen molar-refractivity contribution in [3.05, 3.63) is 47.0 Å². The molecule has 0 aliphatic heterocycles. The number of nitrogens with one attached hydrogen (secondary N) is 1. The highest BCUT2D eigenvalue weighted by Gasteiger charge is 2.07. The summed E-state index contributed by atoms with van der Waals surface area (Å²) in [6, 6.07) is 8.40. The molecular formula is C13H18ClN. The molecule has 0 radical (unpaired) electrons. The third-order valence-corrected chi connectivity index (χ3v) is 2.58. The molecular weight excluding hydrogens is 206 g/mol. The summed E-state index contributed by atoms with van der Waals surface area (Å²) in [4.78, 5) is 0. The first-order valence-electron chi connectivity index (χ1n) is 5.26. The molecule has 0 saturated heterocycles. The van der Waals surface area contributed by atoms with E-state index in [4.69, 9.17) is 11.6 Å². The largest absolute Gasteiger partial charge is 0.306 e. The van der Waals surface area contributed by atoms with Crippen LogP contribution in [0.25, 0.3) is 0 Å². The van der Waals surface area contributed by atoms with Gasteiger partial charge in [0.1, 0.15) is 0 Å². The van der Waals surface area contributed by atoms with Crippen LogP contribution in [0, 0.1) is 0 Å². The molecule has 1 rings (SSSR count). The summed E-state index contributed by atoms with van der Waals surface area (Å²) in [7, 11) is 0. The van der Waals surface area contributed by atoms with E-state index < -0.39 is 0 Å². The molecule has 0 spiro atoms. The van der Waals surface area contributed by atoms with Gasteiger partial charge in [-0.05, 0) is 31.0 Å². The molecule has 1 nitrogen and oxygen atoms in total. The van der Waals surface area contributed by atoms with Crippen molar-refractivity contribution in [2.45, 2.75) is 26.3 Å². The number of halogens is 1. The Morgan fingerprint density at radius 2 is 2.00 bits per heavy atom. The lowest BCUT2D eigenvalue weighted by atomic mass is 10.0. The summed E-state index contributed by atoms with van der Waals surface area (Å²) in [6.45, 7) is 8.95. The molecule has 0 bridgehead atoms. The van der Waals surface area contributed by atoms with E-state index in [-0.39, 0.29) is 0 Å². The molecule has 0 heterocycles. The van der Waals surface area contributed by atoms with E-state index in [1.807, 2.05) is 19.1 Å². The van der Waals surface area contributed by atoms with Crippen LogP contribution in [0.15, 0.2) is 36.4 Å². The summed E-state index contributed by atoms with van der Waals surface area (Å²) >= 11 is 5.85. The van der Waals surface area contributed by atoms with Crippen molar-refractivity contribution >= 4 is 11.6 Å². The summed E-state index contributed by atoms with van der Waals surface area (Å²) in [5.74, 6) is 0. The van der Waals surface area contributed by atoms with Gasteiger partial charge in [0.25, 0.3) is 0 Å². The fraction of sp³-hybridized carbons (Fsp3) is 0.385. The molecule has 1 atom stereocenters. The number of hydrogen-bond acceptors (Lipinski definition) is 1. The number of benzene rings is 1. The molecule has 0 fully saturated rings. The molecule has 1 N–H and O–H groups in total. The predicted molar refractivity (Wildman–Crippen MR) is 67.3 cm³/mol. The Morgan fingerprint density at radius 1 is 1.40 bits per heavy atom. The van der Waals surface area contributed by atoms with Crippen molar-refractivity contribution in [3.8, 4) is 0 Å². The average Bonchev–Trinajstić information content (AvgIpc) is 2.21. The maximum absolute atomic E-state index is 5.85. The van der Waals surface area contributed by atoms with E-state index in [9.17, 15) is 0 Å². The minimum Gasteiger partial charge on any atom is -0.306 e. The standard InChI is InChI=1S/C13H18ClN/c1-4-13(15-9-10(2)3)11-5-7-12(14)8-6-11/h5-8,13,15H,2,4,9H2,1,3H3/t13-/m1/s1. The topological polar surface area (TPSA) is 12.0 Å². The van der Waals surface area contributed by atoms with Crippen LogP contribution < -0.4 is 5.32 Å². The Bertz CT molecular complexity index is 316. The molecule has 0 aliphatic rings. The van der Waals surface area contributed by atoms with Crippen LogP contribution in [0.5, 0.6) is 0 Å². The zero-order chi connectivity index (χ0) is 11.3. The molecule has 0 saturated carbocycles. The van der Waals surface area contributed by atoms with Crippen LogP contribution in [0.1, 0.15) is 31.9 Å². The fourth-order valence-corrected chi connectivity index (χ4v) is 1.62. The Kier molecular flexibility index (Phi) is 4.86. The molecule has 0 amide bonds. The van der Waals surface area contributed by atoms with Gasteiger partial charge in [-0.3, -0.25) is 0 Å². The third-order valence-electron chi connectivity index (χ3n) is 2.33. The van der Waals surface area contributed by atoms with Gasteiger partial charge in [-0.2, -0.15) is 0 Å². The molecule has 15 heavy (non-hydrogen) atoms. The molecule has 2 heteroatoms. The van der Waals surface area contributed by atoms with Crippen LogP contribution in [0.2, 0.25) is 5.02 Å². The van der Waals surface area contributed by atoms with Crippen molar-refractivity contribution in [1.29, 1.82) is 0 Å². The third kappa shape index (κ3) is 4.06. The lowest BCUT2D eigenvalue weighted by molar-refractivity contribution is 0.544. The molecule has 82 valence electrons.